The van der Waals surface area contributed by atoms with Gasteiger partial charge in [0.25, 0.3) is 11.8 Å². The monoisotopic (exact) mass is 443 g/mol. The summed E-state index contributed by atoms with van der Waals surface area (Å²) in [6.45, 7) is 1.99. The van der Waals surface area contributed by atoms with E-state index in [0.717, 1.165) is 0 Å². The number of rotatable bonds is 7. The third-order valence-corrected chi connectivity index (χ3v) is 4.40. The molecule has 0 fully saturated rings. The number of aryl methyl sites for hydroxylation is 1. The van der Waals surface area contributed by atoms with Gasteiger partial charge in [0.2, 0.25) is 0 Å². The molecule has 0 radical (unpaired) electrons. The van der Waals surface area contributed by atoms with E-state index in [4.69, 9.17) is 0 Å². The van der Waals surface area contributed by atoms with Crippen molar-refractivity contribution in [2.24, 2.45) is 5.92 Å². The van der Waals surface area contributed by atoms with Crippen molar-refractivity contribution in [3.8, 4) is 0 Å². The predicted octanol–water partition coefficient (Wildman–Crippen LogP) is 1.50. The largest absolute Gasteiger partial charge is 0.394 e. The zero-order valence-corrected chi connectivity index (χ0v) is 16.3. The molecule has 2 atom stereocenters. The Bertz CT molecular complexity index is 1100. The second-order valence-electron chi connectivity index (χ2n) is 6.73. The van der Waals surface area contributed by atoms with Crippen LogP contribution in [0.4, 0.5) is 17.6 Å². The van der Waals surface area contributed by atoms with Crippen LogP contribution in [-0.2, 0) is 17.9 Å². The fourth-order valence-electron chi connectivity index (χ4n) is 2.52. The van der Waals surface area contributed by atoms with E-state index in [1.165, 1.54) is 16.8 Å². The highest BCUT2D eigenvalue weighted by atomic mass is 19.4. The summed E-state index contributed by atoms with van der Waals surface area (Å²) in [7, 11) is 0. The third kappa shape index (κ3) is 5.13. The predicted molar refractivity (Wildman–Crippen MR) is 95.2 cm³/mol. The standard InChI is InChI=1S/C17H17F4N7O3/c1-8(17(19,20)21)13(18)15(29)22-4-10-3-12-25-11(7-28(12)24-5-10)6-23-16(30)14-9(2)26-31-27-14/h3,5,7-8,13H,4,6H2,1-2H3,(H,22,29)(H,23,30)/t8-,13+/m1/s1. The molecule has 31 heavy (non-hydrogen) atoms. The highest BCUT2D eigenvalue weighted by molar-refractivity contribution is 5.92. The van der Waals surface area contributed by atoms with Crippen LogP contribution < -0.4 is 10.6 Å². The summed E-state index contributed by atoms with van der Waals surface area (Å²) in [5, 5.41) is 15.8. The Morgan fingerprint density at radius 3 is 2.61 bits per heavy atom. The molecule has 0 aliphatic heterocycles. The minimum Gasteiger partial charge on any atom is -0.349 e. The molecule has 0 unspecified atom stereocenters. The van der Waals surface area contributed by atoms with Gasteiger partial charge in [-0.25, -0.2) is 18.5 Å². The minimum absolute atomic E-state index is 0.0472. The van der Waals surface area contributed by atoms with Gasteiger partial charge in [-0.3, -0.25) is 9.59 Å². The van der Waals surface area contributed by atoms with E-state index in [0.29, 0.717) is 29.5 Å². The van der Waals surface area contributed by atoms with Crippen LogP contribution in [0.3, 0.4) is 0 Å². The van der Waals surface area contributed by atoms with E-state index in [2.05, 4.69) is 35.7 Å². The van der Waals surface area contributed by atoms with Crippen molar-refractivity contribution in [2.75, 3.05) is 0 Å². The number of fused-ring (bicyclic) bond motifs is 1. The van der Waals surface area contributed by atoms with Crippen LogP contribution >= 0.6 is 0 Å². The van der Waals surface area contributed by atoms with Gasteiger partial charge in [-0.15, -0.1) is 0 Å². The molecule has 14 heteroatoms. The molecule has 0 aliphatic rings. The van der Waals surface area contributed by atoms with Crippen molar-refractivity contribution in [1.82, 2.24) is 35.5 Å². The summed E-state index contributed by atoms with van der Waals surface area (Å²) in [6.07, 6.45) is -4.64. The van der Waals surface area contributed by atoms with Crippen molar-refractivity contribution in [2.45, 2.75) is 39.3 Å². The topological polar surface area (TPSA) is 127 Å². The second kappa shape index (κ2) is 8.65. The van der Waals surface area contributed by atoms with Gasteiger partial charge in [-0.05, 0) is 23.7 Å². The molecule has 2 amide bonds. The summed E-state index contributed by atoms with van der Waals surface area (Å²) in [4.78, 5) is 27.9. The first-order chi connectivity index (χ1) is 14.6. The lowest BCUT2D eigenvalue weighted by molar-refractivity contribution is -0.188. The quantitative estimate of drug-likeness (QED) is 0.530. The van der Waals surface area contributed by atoms with E-state index in [1.807, 2.05) is 0 Å². The molecule has 0 bridgehead atoms. The molecule has 0 aromatic carbocycles. The van der Waals surface area contributed by atoms with Crippen molar-refractivity contribution in [3.05, 3.63) is 41.1 Å². The minimum atomic E-state index is -4.82. The Balaban J connectivity index is 1.60. The Morgan fingerprint density at radius 1 is 1.23 bits per heavy atom. The average Bonchev–Trinajstić information content (AvgIpc) is 3.33. The second-order valence-corrected chi connectivity index (χ2v) is 6.73. The third-order valence-electron chi connectivity index (χ3n) is 4.40. The van der Waals surface area contributed by atoms with Crippen LogP contribution in [0.1, 0.15) is 34.4 Å². The summed E-state index contributed by atoms with van der Waals surface area (Å²) in [6, 6.07) is 1.52. The molecule has 3 rings (SSSR count). The van der Waals surface area contributed by atoms with E-state index in [-0.39, 0.29) is 18.8 Å². The Labute approximate surface area is 172 Å². The van der Waals surface area contributed by atoms with E-state index < -0.39 is 30.1 Å². The van der Waals surface area contributed by atoms with Gasteiger partial charge in [-0.2, -0.15) is 18.3 Å². The van der Waals surface area contributed by atoms with Crippen molar-refractivity contribution >= 4 is 17.5 Å². The number of hydrogen-bond donors (Lipinski definition) is 2. The lowest BCUT2D eigenvalue weighted by atomic mass is 10.1. The fraction of sp³-hybridized carbons (Fsp3) is 0.412. The average molecular weight is 443 g/mol. The highest BCUT2D eigenvalue weighted by Gasteiger charge is 2.44. The SMILES string of the molecule is Cc1nonc1C(=O)NCc1cn2ncc(CNC(=O)[C@@H](F)[C@@H](C)C(F)(F)F)cc2n1. The molecular weight excluding hydrogens is 426 g/mol. The van der Waals surface area contributed by atoms with Crippen LogP contribution in [0.25, 0.3) is 5.65 Å². The van der Waals surface area contributed by atoms with Gasteiger partial charge in [0, 0.05) is 6.54 Å². The molecule has 3 heterocycles. The summed E-state index contributed by atoms with van der Waals surface area (Å²) in [5.41, 5.74) is 1.60. The maximum atomic E-state index is 13.7. The van der Waals surface area contributed by atoms with Crippen LogP contribution in [0.5, 0.6) is 0 Å². The molecule has 166 valence electrons. The number of halogens is 4. The number of amides is 2. The number of nitrogens with one attached hydrogen (secondary N) is 2. The molecule has 10 nitrogen and oxygen atoms in total. The van der Waals surface area contributed by atoms with Crippen molar-refractivity contribution in [3.63, 3.8) is 0 Å². The smallest absolute Gasteiger partial charge is 0.349 e. The lowest BCUT2D eigenvalue weighted by Gasteiger charge is -2.19. The number of hydrogen-bond acceptors (Lipinski definition) is 7. The first kappa shape index (κ1) is 22.1. The van der Waals surface area contributed by atoms with Crippen LogP contribution in [0.15, 0.2) is 23.1 Å². The van der Waals surface area contributed by atoms with Crippen LogP contribution in [-0.4, -0.2) is 49.1 Å². The van der Waals surface area contributed by atoms with Gasteiger partial charge in [-0.1, -0.05) is 12.1 Å². The van der Waals surface area contributed by atoms with Gasteiger partial charge >= 0.3 is 6.18 Å². The zero-order chi connectivity index (χ0) is 22.8. The van der Waals surface area contributed by atoms with Crippen molar-refractivity contribution < 1.29 is 31.8 Å². The van der Waals surface area contributed by atoms with Gasteiger partial charge in [0.15, 0.2) is 17.5 Å². The van der Waals surface area contributed by atoms with Gasteiger partial charge in [0.1, 0.15) is 5.69 Å². The van der Waals surface area contributed by atoms with Crippen LogP contribution in [0.2, 0.25) is 0 Å². The summed E-state index contributed by atoms with van der Waals surface area (Å²) in [5.74, 6) is -4.29. The van der Waals surface area contributed by atoms with E-state index in [9.17, 15) is 27.2 Å². The van der Waals surface area contributed by atoms with Gasteiger partial charge < -0.3 is 10.6 Å². The first-order valence-corrected chi connectivity index (χ1v) is 8.95. The van der Waals surface area contributed by atoms with Gasteiger partial charge in [0.05, 0.1) is 30.6 Å². The maximum Gasteiger partial charge on any atom is 0.394 e. The lowest BCUT2D eigenvalue weighted by Crippen LogP contribution is -2.40. The number of nitrogens with zero attached hydrogens (tertiary/aromatic N) is 5. The van der Waals surface area contributed by atoms with E-state index in [1.54, 1.807) is 13.1 Å². The zero-order valence-electron chi connectivity index (χ0n) is 16.3. The van der Waals surface area contributed by atoms with Crippen LogP contribution in [0, 0.1) is 12.8 Å². The molecule has 3 aromatic rings. The Hall–Kier alpha value is -3.58. The fourth-order valence-corrected chi connectivity index (χ4v) is 2.52. The van der Waals surface area contributed by atoms with E-state index >= 15 is 0 Å². The first-order valence-electron chi connectivity index (χ1n) is 8.95. The number of alkyl halides is 4. The molecule has 0 saturated heterocycles. The number of carbonyl (C=O) groups excluding carboxylic acids is 2. The maximum absolute atomic E-state index is 13.7. The molecular formula is C17H17F4N7O3. The Morgan fingerprint density at radius 2 is 1.97 bits per heavy atom. The molecule has 0 saturated carbocycles. The summed E-state index contributed by atoms with van der Waals surface area (Å²) < 4.78 is 57.2. The molecule has 3 aromatic heterocycles. The highest BCUT2D eigenvalue weighted by Crippen LogP contribution is 2.29. The number of imidazole rings is 1. The molecule has 0 aliphatic carbocycles. The normalized spacial score (nSPS) is 13.7. The number of aromatic nitrogens is 5. The van der Waals surface area contributed by atoms with Crippen molar-refractivity contribution in [1.29, 1.82) is 0 Å². The molecule has 2 N–H and O–H groups in total. The summed E-state index contributed by atoms with van der Waals surface area (Å²) >= 11 is 0. The molecule has 0 spiro atoms. The number of carbonyl (C=O) groups is 2. The Kier molecular flexibility index (Phi) is 6.17.